The fourth-order valence-electron chi connectivity index (χ4n) is 1.77. The highest BCUT2D eigenvalue weighted by Crippen LogP contribution is 2.32. The molecule has 1 fully saturated rings. The molecule has 6 nitrogen and oxygen atoms in total. The number of nitrogens with one attached hydrogen (secondary N) is 1. The van der Waals surface area contributed by atoms with Gasteiger partial charge >= 0.3 is 10.8 Å². The van der Waals surface area contributed by atoms with E-state index in [1.165, 1.54) is 4.57 Å². The van der Waals surface area contributed by atoms with Crippen LogP contribution in [0.25, 0.3) is 0 Å². The largest absolute Gasteiger partial charge is 0.480 e. The molecule has 0 spiro atoms. The molecule has 0 radical (unpaired) electrons. The summed E-state index contributed by atoms with van der Waals surface area (Å²) >= 11 is 1.03. The molecule has 1 saturated carbocycles. The summed E-state index contributed by atoms with van der Waals surface area (Å²) in [5.74, 6) is -1.41. The third kappa shape index (κ3) is 2.79. The van der Waals surface area contributed by atoms with Crippen LogP contribution >= 0.6 is 11.3 Å². The zero-order chi connectivity index (χ0) is 13.3. The van der Waals surface area contributed by atoms with Gasteiger partial charge in [-0.25, -0.2) is 4.79 Å². The molecule has 2 N–H and O–H groups in total. The SMILES string of the molecule is Cc1csc(=O)n1CC(=O)NC(C(=O)O)C1CC1. The highest BCUT2D eigenvalue weighted by atomic mass is 32.1. The molecular weight excluding hydrogens is 256 g/mol. The van der Waals surface area contributed by atoms with Crippen molar-refractivity contribution < 1.29 is 14.7 Å². The van der Waals surface area contributed by atoms with Gasteiger partial charge in [0, 0.05) is 11.1 Å². The van der Waals surface area contributed by atoms with Gasteiger partial charge in [-0.05, 0) is 25.7 Å². The van der Waals surface area contributed by atoms with E-state index in [9.17, 15) is 14.4 Å². The summed E-state index contributed by atoms with van der Waals surface area (Å²) < 4.78 is 1.34. The minimum atomic E-state index is -1.01. The van der Waals surface area contributed by atoms with Gasteiger partial charge in [-0.2, -0.15) is 0 Å². The van der Waals surface area contributed by atoms with E-state index in [0.717, 1.165) is 24.2 Å². The van der Waals surface area contributed by atoms with Gasteiger partial charge in [0.2, 0.25) is 5.91 Å². The first-order valence-corrected chi connectivity index (χ1v) is 6.54. The summed E-state index contributed by atoms with van der Waals surface area (Å²) in [6.45, 7) is 1.62. The quantitative estimate of drug-likeness (QED) is 0.800. The fraction of sp³-hybridized carbons (Fsp3) is 0.545. The van der Waals surface area contributed by atoms with Crippen molar-refractivity contribution in [3.8, 4) is 0 Å². The van der Waals surface area contributed by atoms with Crippen molar-refractivity contribution in [1.29, 1.82) is 0 Å². The number of carboxylic acid groups (broad SMARTS) is 1. The third-order valence-corrected chi connectivity index (χ3v) is 3.84. The number of carbonyl (C=O) groups is 2. The molecule has 0 saturated heterocycles. The Morgan fingerprint density at radius 2 is 2.28 bits per heavy atom. The number of thiazole rings is 1. The monoisotopic (exact) mass is 270 g/mol. The van der Waals surface area contributed by atoms with Crippen LogP contribution in [0.15, 0.2) is 10.2 Å². The Hall–Kier alpha value is -1.63. The second-order valence-electron chi connectivity index (χ2n) is 4.45. The Bertz CT molecular complexity index is 529. The van der Waals surface area contributed by atoms with Crippen molar-refractivity contribution in [1.82, 2.24) is 9.88 Å². The highest BCUT2D eigenvalue weighted by Gasteiger charge is 2.37. The summed E-state index contributed by atoms with van der Waals surface area (Å²) in [5.41, 5.74) is 0.707. The molecule has 0 bridgehead atoms. The molecule has 1 amide bonds. The van der Waals surface area contributed by atoms with Crippen LogP contribution in [0.3, 0.4) is 0 Å². The molecule has 1 aromatic heterocycles. The number of carboxylic acids is 1. The van der Waals surface area contributed by atoms with E-state index in [-0.39, 0.29) is 17.3 Å². The van der Waals surface area contributed by atoms with Crippen molar-refractivity contribution in [3.05, 3.63) is 20.7 Å². The second-order valence-corrected chi connectivity index (χ2v) is 5.27. The topological polar surface area (TPSA) is 88.4 Å². The van der Waals surface area contributed by atoms with Crippen molar-refractivity contribution in [2.75, 3.05) is 0 Å². The van der Waals surface area contributed by atoms with Gasteiger partial charge in [-0.3, -0.25) is 14.2 Å². The van der Waals surface area contributed by atoms with E-state index in [1.807, 2.05) is 0 Å². The lowest BCUT2D eigenvalue weighted by Crippen LogP contribution is -2.44. The molecule has 1 aliphatic rings. The maximum atomic E-state index is 11.7. The molecule has 18 heavy (non-hydrogen) atoms. The fourth-order valence-corrected chi connectivity index (χ4v) is 2.50. The lowest BCUT2D eigenvalue weighted by molar-refractivity contribution is -0.142. The van der Waals surface area contributed by atoms with Crippen LogP contribution in [0.5, 0.6) is 0 Å². The predicted molar refractivity (Wildman–Crippen MR) is 65.6 cm³/mol. The van der Waals surface area contributed by atoms with Crippen LogP contribution in [0.2, 0.25) is 0 Å². The van der Waals surface area contributed by atoms with Crippen LogP contribution in [-0.2, 0) is 16.1 Å². The van der Waals surface area contributed by atoms with E-state index in [1.54, 1.807) is 12.3 Å². The number of hydrogen-bond acceptors (Lipinski definition) is 4. The third-order valence-electron chi connectivity index (χ3n) is 2.95. The van der Waals surface area contributed by atoms with E-state index >= 15 is 0 Å². The number of aryl methyl sites for hydroxylation is 1. The van der Waals surface area contributed by atoms with Gasteiger partial charge in [0.15, 0.2) is 0 Å². The zero-order valence-electron chi connectivity index (χ0n) is 9.88. The highest BCUT2D eigenvalue weighted by molar-refractivity contribution is 7.07. The first-order valence-electron chi connectivity index (χ1n) is 5.66. The average molecular weight is 270 g/mol. The summed E-state index contributed by atoms with van der Waals surface area (Å²) in [7, 11) is 0. The van der Waals surface area contributed by atoms with Gasteiger partial charge in [0.25, 0.3) is 0 Å². The first kappa shape index (κ1) is 12.8. The molecule has 2 rings (SSSR count). The molecule has 1 unspecified atom stereocenters. The zero-order valence-corrected chi connectivity index (χ0v) is 10.7. The maximum absolute atomic E-state index is 11.7. The Morgan fingerprint density at radius 1 is 1.61 bits per heavy atom. The molecule has 0 aromatic carbocycles. The molecule has 0 aliphatic heterocycles. The lowest BCUT2D eigenvalue weighted by Gasteiger charge is -2.13. The normalized spacial score (nSPS) is 16.3. The van der Waals surface area contributed by atoms with Crippen molar-refractivity contribution in [2.45, 2.75) is 32.4 Å². The number of rotatable bonds is 5. The number of aromatic nitrogens is 1. The van der Waals surface area contributed by atoms with Gasteiger partial charge in [-0.15, -0.1) is 0 Å². The van der Waals surface area contributed by atoms with E-state index in [4.69, 9.17) is 5.11 Å². The number of nitrogens with zero attached hydrogens (tertiary/aromatic N) is 1. The Morgan fingerprint density at radius 3 is 2.72 bits per heavy atom. The van der Waals surface area contributed by atoms with Gasteiger partial charge in [0.1, 0.15) is 12.6 Å². The van der Waals surface area contributed by atoms with Crippen molar-refractivity contribution >= 4 is 23.2 Å². The number of amides is 1. The second kappa shape index (κ2) is 4.93. The summed E-state index contributed by atoms with van der Waals surface area (Å²) in [6, 6.07) is -0.827. The first-order chi connectivity index (χ1) is 8.49. The Kier molecular flexibility index (Phi) is 3.51. The number of carbonyl (C=O) groups excluding carboxylic acids is 1. The summed E-state index contributed by atoms with van der Waals surface area (Å²) in [5, 5.41) is 13.1. The maximum Gasteiger partial charge on any atom is 0.326 e. The smallest absolute Gasteiger partial charge is 0.326 e. The molecule has 1 heterocycles. The van der Waals surface area contributed by atoms with Crippen molar-refractivity contribution in [2.24, 2.45) is 5.92 Å². The van der Waals surface area contributed by atoms with Gasteiger partial charge in [0.05, 0.1) is 0 Å². The summed E-state index contributed by atoms with van der Waals surface area (Å²) in [4.78, 5) is 33.9. The Balaban J connectivity index is 2.00. The van der Waals surface area contributed by atoms with Gasteiger partial charge < -0.3 is 10.4 Å². The average Bonchev–Trinajstić information content (AvgIpc) is 3.08. The standard InChI is InChI=1S/C11H14N2O4S/c1-6-5-18-11(17)13(6)4-8(14)12-9(10(15)16)7-2-3-7/h5,7,9H,2-4H2,1H3,(H,12,14)(H,15,16). The molecule has 7 heteroatoms. The summed E-state index contributed by atoms with van der Waals surface area (Å²) in [6.07, 6.45) is 1.66. The molecule has 1 aromatic rings. The lowest BCUT2D eigenvalue weighted by atomic mass is 10.2. The van der Waals surface area contributed by atoms with Crippen LogP contribution in [-0.4, -0.2) is 27.6 Å². The minimum absolute atomic E-state index is 0.0340. The number of aliphatic carboxylic acids is 1. The Labute approximate surface area is 107 Å². The van der Waals surface area contributed by atoms with E-state index in [2.05, 4.69) is 5.32 Å². The van der Waals surface area contributed by atoms with Gasteiger partial charge in [-0.1, -0.05) is 11.3 Å². The van der Waals surface area contributed by atoms with Crippen LogP contribution in [0.4, 0.5) is 0 Å². The van der Waals surface area contributed by atoms with E-state index < -0.39 is 17.9 Å². The number of hydrogen-bond donors (Lipinski definition) is 2. The van der Waals surface area contributed by atoms with E-state index in [0.29, 0.717) is 5.69 Å². The van der Waals surface area contributed by atoms with Crippen LogP contribution < -0.4 is 10.2 Å². The molecule has 1 aliphatic carbocycles. The minimum Gasteiger partial charge on any atom is -0.480 e. The molecule has 1 atom stereocenters. The predicted octanol–water partition coefficient (Wildman–Crippen LogP) is 0.198. The molecular formula is C11H14N2O4S. The molecule has 98 valence electrons. The van der Waals surface area contributed by atoms with Crippen molar-refractivity contribution in [3.63, 3.8) is 0 Å². The van der Waals surface area contributed by atoms with Crippen LogP contribution in [0, 0.1) is 12.8 Å². The van der Waals surface area contributed by atoms with Crippen LogP contribution in [0.1, 0.15) is 18.5 Å².